The zero-order valence-electron chi connectivity index (χ0n) is 9.76. The van der Waals surface area contributed by atoms with Crippen LogP contribution in [0.4, 0.5) is 5.69 Å². The third kappa shape index (κ3) is 3.46. The maximum absolute atomic E-state index is 5.88. The molecule has 88 valence electrons. The highest BCUT2D eigenvalue weighted by Gasteiger charge is 2.00. The van der Waals surface area contributed by atoms with Crippen molar-refractivity contribution in [2.75, 3.05) is 11.5 Å². The molecule has 0 saturated carbocycles. The van der Waals surface area contributed by atoms with E-state index in [1.807, 2.05) is 37.5 Å². The molecular formula is C13H15N3S. The van der Waals surface area contributed by atoms with Crippen molar-refractivity contribution in [3.05, 3.63) is 47.8 Å². The summed E-state index contributed by atoms with van der Waals surface area (Å²) in [4.78, 5) is 8.50. The molecule has 2 rings (SSSR count). The van der Waals surface area contributed by atoms with Crippen LogP contribution in [0.25, 0.3) is 0 Å². The van der Waals surface area contributed by atoms with Gasteiger partial charge in [0, 0.05) is 23.8 Å². The van der Waals surface area contributed by atoms with Crippen LogP contribution in [0.3, 0.4) is 0 Å². The fourth-order valence-corrected chi connectivity index (χ4v) is 2.23. The van der Waals surface area contributed by atoms with E-state index in [9.17, 15) is 0 Å². The average molecular weight is 245 g/mol. The summed E-state index contributed by atoms with van der Waals surface area (Å²) in [7, 11) is 0. The van der Waals surface area contributed by atoms with Crippen molar-refractivity contribution in [1.29, 1.82) is 0 Å². The standard InChI is InChI=1S/C13H15N3S/c1-10-8-15-13(16-9-10)17-7-6-11-4-2-3-5-12(11)14/h2-5,8-9H,6-7,14H2,1H3. The molecule has 0 fully saturated rings. The third-order valence-corrected chi connectivity index (χ3v) is 3.29. The van der Waals surface area contributed by atoms with E-state index < -0.39 is 0 Å². The van der Waals surface area contributed by atoms with Crippen molar-refractivity contribution < 1.29 is 0 Å². The predicted molar refractivity (Wildman–Crippen MR) is 72.1 cm³/mol. The highest BCUT2D eigenvalue weighted by molar-refractivity contribution is 7.99. The van der Waals surface area contributed by atoms with Crippen LogP contribution in [0, 0.1) is 6.92 Å². The molecule has 0 aliphatic rings. The van der Waals surface area contributed by atoms with Crippen LogP contribution < -0.4 is 5.73 Å². The molecule has 1 aromatic carbocycles. The number of nitrogens with two attached hydrogens (primary N) is 1. The lowest BCUT2D eigenvalue weighted by Crippen LogP contribution is -1.96. The first-order valence-electron chi connectivity index (χ1n) is 5.50. The van der Waals surface area contributed by atoms with Gasteiger partial charge in [-0.2, -0.15) is 0 Å². The van der Waals surface area contributed by atoms with E-state index in [1.54, 1.807) is 11.8 Å². The summed E-state index contributed by atoms with van der Waals surface area (Å²) in [5, 5.41) is 0.824. The Morgan fingerprint density at radius 1 is 1.18 bits per heavy atom. The average Bonchev–Trinajstić information content (AvgIpc) is 2.34. The van der Waals surface area contributed by atoms with Crippen molar-refractivity contribution in [2.45, 2.75) is 18.5 Å². The number of hydrogen-bond donors (Lipinski definition) is 1. The summed E-state index contributed by atoms with van der Waals surface area (Å²) in [5.41, 5.74) is 9.01. The highest BCUT2D eigenvalue weighted by Crippen LogP contribution is 2.17. The van der Waals surface area contributed by atoms with Crippen molar-refractivity contribution in [3.8, 4) is 0 Å². The number of benzene rings is 1. The van der Waals surface area contributed by atoms with Gasteiger partial charge in [-0.05, 0) is 30.5 Å². The van der Waals surface area contributed by atoms with Gasteiger partial charge in [-0.15, -0.1) is 0 Å². The zero-order chi connectivity index (χ0) is 12.1. The van der Waals surface area contributed by atoms with Crippen LogP contribution in [0.2, 0.25) is 0 Å². The number of hydrogen-bond acceptors (Lipinski definition) is 4. The van der Waals surface area contributed by atoms with Crippen LogP contribution in [0.1, 0.15) is 11.1 Å². The number of nitrogen functional groups attached to an aromatic ring is 1. The lowest BCUT2D eigenvalue weighted by molar-refractivity contribution is 0.947. The summed E-state index contributed by atoms with van der Waals surface area (Å²) in [5.74, 6) is 0.942. The lowest BCUT2D eigenvalue weighted by atomic mass is 10.1. The number of para-hydroxylation sites is 1. The van der Waals surface area contributed by atoms with Gasteiger partial charge in [0.1, 0.15) is 0 Å². The summed E-state index contributed by atoms with van der Waals surface area (Å²) in [6.45, 7) is 1.99. The second-order valence-electron chi connectivity index (χ2n) is 3.84. The van der Waals surface area contributed by atoms with Gasteiger partial charge in [-0.25, -0.2) is 9.97 Å². The first-order chi connectivity index (χ1) is 8.25. The molecule has 1 heterocycles. The maximum atomic E-state index is 5.88. The van der Waals surface area contributed by atoms with Gasteiger partial charge in [0.25, 0.3) is 0 Å². The van der Waals surface area contributed by atoms with Crippen LogP contribution >= 0.6 is 11.8 Å². The minimum atomic E-state index is 0.824. The molecule has 2 aromatic rings. The van der Waals surface area contributed by atoms with E-state index in [-0.39, 0.29) is 0 Å². The van der Waals surface area contributed by atoms with Gasteiger partial charge in [0.2, 0.25) is 0 Å². The number of rotatable bonds is 4. The molecule has 1 aromatic heterocycles. The van der Waals surface area contributed by atoms with Crippen LogP contribution in [0.5, 0.6) is 0 Å². The monoisotopic (exact) mass is 245 g/mol. The predicted octanol–water partition coefficient (Wildman–Crippen LogP) is 2.70. The summed E-state index contributed by atoms with van der Waals surface area (Å²) < 4.78 is 0. The summed E-state index contributed by atoms with van der Waals surface area (Å²) >= 11 is 1.65. The Kier molecular flexibility index (Phi) is 3.98. The van der Waals surface area contributed by atoms with Gasteiger partial charge >= 0.3 is 0 Å². The summed E-state index contributed by atoms with van der Waals surface area (Å²) in [6, 6.07) is 7.96. The third-order valence-electron chi connectivity index (χ3n) is 2.41. The molecule has 3 nitrogen and oxygen atoms in total. The Labute approximate surface area is 105 Å². The van der Waals surface area contributed by atoms with Crippen LogP contribution in [-0.4, -0.2) is 15.7 Å². The minimum Gasteiger partial charge on any atom is -0.399 e. The Bertz CT molecular complexity index is 482. The smallest absolute Gasteiger partial charge is 0.187 e. The van der Waals surface area contributed by atoms with Crippen molar-refractivity contribution in [2.24, 2.45) is 0 Å². The van der Waals surface area contributed by atoms with Crippen LogP contribution in [-0.2, 0) is 6.42 Å². The molecule has 4 heteroatoms. The van der Waals surface area contributed by atoms with Crippen molar-refractivity contribution in [1.82, 2.24) is 9.97 Å². The molecule has 0 amide bonds. The number of nitrogens with zero attached hydrogens (tertiary/aromatic N) is 2. The Balaban J connectivity index is 1.88. The molecular weight excluding hydrogens is 230 g/mol. The van der Waals surface area contributed by atoms with E-state index in [2.05, 4.69) is 16.0 Å². The van der Waals surface area contributed by atoms with Gasteiger partial charge in [-0.1, -0.05) is 30.0 Å². The number of anilines is 1. The molecule has 0 bridgehead atoms. The van der Waals surface area contributed by atoms with E-state index in [4.69, 9.17) is 5.73 Å². The van der Waals surface area contributed by atoms with Gasteiger partial charge < -0.3 is 5.73 Å². The quantitative estimate of drug-likeness (QED) is 0.511. The molecule has 0 atom stereocenters. The molecule has 0 spiro atoms. The number of thioether (sulfide) groups is 1. The molecule has 0 saturated heterocycles. The fourth-order valence-electron chi connectivity index (χ4n) is 1.47. The molecule has 0 aliphatic carbocycles. The van der Waals surface area contributed by atoms with Gasteiger partial charge in [0.15, 0.2) is 5.16 Å². The lowest BCUT2D eigenvalue weighted by Gasteiger charge is -2.04. The zero-order valence-corrected chi connectivity index (χ0v) is 10.6. The molecule has 0 unspecified atom stereocenters. The molecule has 0 radical (unpaired) electrons. The molecule has 17 heavy (non-hydrogen) atoms. The topological polar surface area (TPSA) is 51.8 Å². The van der Waals surface area contributed by atoms with Crippen LogP contribution in [0.15, 0.2) is 41.8 Å². The minimum absolute atomic E-state index is 0.824. The Morgan fingerprint density at radius 2 is 1.88 bits per heavy atom. The van der Waals surface area contributed by atoms with Crippen molar-refractivity contribution >= 4 is 17.4 Å². The van der Waals surface area contributed by atoms with Gasteiger partial charge in [-0.3, -0.25) is 0 Å². The second kappa shape index (κ2) is 5.68. The van der Waals surface area contributed by atoms with Crippen molar-refractivity contribution in [3.63, 3.8) is 0 Å². The first-order valence-corrected chi connectivity index (χ1v) is 6.49. The Hall–Kier alpha value is -1.55. The Morgan fingerprint density at radius 3 is 2.59 bits per heavy atom. The number of aryl methyl sites for hydroxylation is 2. The molecule has 0 aliphatic heterocycles. The van der Waals surface area contributed by atoms with E-state index in [1.165, 1.54) is 5.56 Å². The van der Waals surface area contributed by atoms with E-state index in [0.29, 0.717) is 0 Å². The largest absolute Gasteiger partial charge is 0.399 e. The first kappa shape index (κ1) is 11.9. The maximum Gasteiger partial charge on any atom is 0.187 e. The fraction of sp³-hybridized carbons (Fsp3) is 0.231. The van der Waals surface area contributed by atoms with E-state index >= 15 is 0 Å². The van der Waals surface area contributed by atoms with Gasteiger partial charge in [0.05, 0.1) is 0 Å². The van der Waals surface area contributed by atoms with E-state index in [0.717, 1.165) is 28.6 Å². The normalized spacial score (nSPS) is 10.4. The number of aromatic nitrogens is 2. The SMILES string of the molecule is Cc1cnc(SCCc2ccccc2N)nc1. The second-order valence-corrected chi connectivity index (χ2v) is 4.90. The summed E-state index contributed by atoms with van der Waals surface area (Å²) in [6.07, 6.45) is 4.62. The molecule has 2 N–H and O–H groups in total. The highest BCUT2D eigenvalue weighted by atomic mass is 32.2.